The van der Waals surface area contributed by atoms with E-state index in [1.54, 1.807) is 0 Å². The Bertz CT molecular complexity index is 3110. The van der Waals surface area contributed by atoms with Crippen LogP contribution in [0.15, 0.2) is 191 Å². The molecule has 0 aliphatic rings. The van der Waals surface area contributed by atoms with Gasteiger partial charge in [-0.2, -0.15) is 0 Å². The molecule has 0 unspecified atom stereocenters. The second-order valence-electron chi connectivity index (χ2n) is 13.6. The van der Waals surface area contributed by atoms with Crippen LogP contribution in [0.1, 0.15) is 0 Å². The summed E-state index contributed by atoms with van der Waals surface area (Å²) in [5, 5.41) is 11.7. The smallest absolute Gasteiger partial charge is 0.143 e. The second kappa shape index (κ2) is 11.3. The molecule has 2 aromatic heterocycles. The molecule has 0 fully saturated rings. The van der Waals surface area contributed by atoms with Crippen molar-refractivity contribution in [1.29, 1.82) is 0 Å². The summed E-state index contributed by atoms with van der Waals surface area (Å²) >= 11 is 0. The molecule has 2 heteroatoms. The topological polar surface area (TPSA) is 26.3 Å². The van der Waals surface area contributed by atoms with Crippen LogP contribution in [0.4, 0.5) is 0 Å². The van der Waals surface area contributed by atoms with Crippen LogP contribution in [-0.4, -0.2) is 0 Å². The fourth-order valence-electron chi connectivity index (χ4n) is 8.44. The van der Waals surface area contributed by atoms with Gasteiger partial charge in [0.15, 0.2) is 0 Å². The average molecular weight is 663 g/mol. The molecule has 0 bridgehead atoms. The maximum Gasteiger partial charge on any atom is 0.143 e. The third-order valence-electron chi connectivity index (χ3n) is 10.7. The van der Waals surface area contributed by atoms with Gasteiger partial charge in [-0.15, -0.1) is 0 Å². The van der Waals surface area contributed by atoms with Crippen molar-refractivity contribution < 1.29 is 8.83 Å². The van der Waals surface area contributed by atoms with E-state index in [0.717, 1.165) is 60.7 Å². The van der Waals surface area contributed by atoms with Gasteiger partial charge in [-0.1, -0.05) is 158 Å². The highest BCUT2D eigenvalue weighted by Crippen LogP contribution is 2.49. The van der Waals surface area contributed by atoms with Gasteiger partial charge in [0.2, 0.25) is 0 Å². The fraction of sp³-hybridized carbons (Fsp3) is 0. The van der Waals surface area contributed by atoms with Crippen LogP contribution in [0, 0.1) is 0 Å². The molecule has 0 radical (unpaired) electrons. The van der Waals surface area contributed by atoms with Crippen LogP contribution in [0.2, 0.25) is 0 Å². The van der Waals surface area contributed by atoms with E-state index in [9.17, 15) is 0 Å². The van der Waals surface area contributed by atoms with Crippen LogP contribution in [0.25, 0.3) is 110 Å². The number of fused-ring (bicyclic) bond motifs is 7. The first-order chi connectivity index (χ1) is 25.8. The minimum Gasteiger partial charge on any atom is -0.463 e. The predicted octanol–water partition coefficient (Wildman–Crippen LogP) is 14.5. The van der Waals surface area contributed by atoms with Gasteiger partial charge in [-0.25, -0.2) is 0 Å². The van der Waals surface area contributed by atoms with Gasteiger partial charge in [0.05, 0.1) is 6.26 Å². The molecule has 0 aliphatic heterocycles. The highest BCUT2D eigenvalue weighted by molar-refractivity contribution is 6.26. The molecule has 0 N–H and O–H groups in total. The van der Waals surface area contributed by atoms with Crippen molar-refractivity contribution >= 4 is 65.0 Å². The maximum atomic E-state index is 6.74. The van der Waals surface area contributed by atoms with Gasteiger partial charge in [-0.3, -0.25) is 0 Å². The molecule has 0 atom stereocenters. The van der Waals surface area contributed by atoms with E-state index in [-0.39, 0.29) is 0 Å². The summed E-state index contributed by atoms with van der Waals surface area (Å²) in [5.41, 5.74) is 9.85. The fourth-order valence-corrected chi connectivity index (χ4v) is 8.44. The third kappa shape index (κ3) is 4.25. The highest BCUT2D eigenvalue weighted by atomic mass is 16.3. The molecule has 2 nitrogen and oxygen atoms in total. The number of benzene rings is 9. The molecule has 0 saturated carbocycles. The first-order valence-corrected chi connectivity index (χ1v) is 17.7. The van der Waals surface area contributed by atoms with E-state index in [4.69, 9.17) is 8.83 Å². The monoisotopic (exact) mass is 662 g/mol. The Balaban J connectivity index is 1.22. The Kier molecular flexibility index (Phi) is 6.28. The second-order valence-corrected chi connectivity index (χ2v) is 13.6. The van der Waals surface area contributed by atoms with E-state index >= 15 is 0 Å². The molecule has 2 heterocycles. The first kappa shape index (κ1) is 28.9. The summed E-state index contributed by atoms with van der Waals surface area (Å²) in [6.07, 6.45) is 1.95. The molecule has 242 valence electrons. The number of hydrogen-bond acceptors (Lipinski definition) is 2. The third-order valence-corrected chi connectivity index (χ3v) is 10.7. The Morgan fingerprint density at radius 3 is 1.60 bits per heavy atom. The van der Waals surface area contributed by atoms with E-state index in [0.29, 0.717) is 0 Å². The lowest BCUT2D eigenvalue weighted by molar-refractivity contribution is 0.620. The summed E-state index contributed by atoms with van der Waals surface area (Å²) < 4.78 is 13.1. The van der Waals surface area contributed by atoms with Crippen molar-refractivity contribution in [3.8, 4) is 44.7 Å². The molecule has 0 amide bonds. The normalized spacial score (nSPS) is 11.8. The number of furan rings is 2. The van der Waals surface area contributed by atoms with Crippen LogP contribution in [0.5, 0.6) is 0 Å². The Hall–Kier alpha value is -6.90. The molecule has 52 heavy (non-hydrogen) atoms. The lowest BCUT2D eigenvalue weighted by Gasteiger charge is -2.18. The lowest BCUT2D eigenvalue weighted by atomic mass is 9.84. The van der Waals surface area contributed by atoms with Crippen molar-refractivity contribution in [1.82, 2.24) is 0 Å². The molecule has 0 spiro atoms. The zero-order valence-corrected chi connectivity index (χ0v) is 28.1. The zero-order valence-electron chi connectivity index (χ0n) is 28.1. The van der Waals surface area contributed by atoms with Gasteiger partial charge in [0, 0.05) is 38.4 Å². The number of rotatable bonds is 4. The molecule has 9 aromatic carbocycles. The first-order valence-electron chi connectivity index (χ1n) is 17.7. The van der Waals surface area contributed by atoms with Crippen molar-refractivity contribution in [2.24, 2.45) is 0 Å². The largest absolute Gasteiger partial charge is 0.463 e. The van der Waals surface area contributed by atoms with Gasteiger partial charge in [0.25, 0.3) is 0 Å². The van der Waals surface area contributed by atoms with Gasteiger partial charge in [0.1, 0.15) is 16.9 Å². The van der Waals surface area contributed by atoms with Crippen molar-refractivity contribution in [3.63, 3.8) is 0 Å². The summed E-state index contributed by atoms with van der Waals surface area (Å²) in [4.78, 5) is 0. The SMILES string of the molecule is c1ccc(-c2oc3cc4cccc(-c5c6ccccc6c(-c6coc7c6ccc6ccccc67)c6ccccc56)c4cc3c2-c2ccccc2)cc1. The Morgan fingerprint density at radius 2 is 0.904 bits per heavy atom. The summed E-state index contributed by atoms with van der Waals surface area (Å²) in [6.45, 7) is 0. The van der Waals surface area contributed by atoms with Gasteiger partial charge >= 0.3 is 0 Å². The highest BCUT2D eigenvalue weighted by Gasteiger charge is 2.23. The quantitative estimate of drug-likeness (QED) is 0.175. The molecule has 11 aromatic rings. The van der Waals surface area contributed by atoms with E-state index in [1.165, 1.54) is 49.0 Å². The van der Waals surface area contributed by atoms with Crippen LogP contribution >= 0.6 is 0 Å². The molecular weight excluding hydrogens is 633 g/mol. The predicted molar refractivity (Wildman–Crippen MR) is 218 cm³/mol. The van der Waals surface area contributed by atoms with E-state index < -0.39 is 0 Å². The minimum absolute atomic E-state index is 0.881. The Labute approximate surface area is 299 Å². The minimum atomic E-state index is 0.881. The van der Waals surface area contributed by atoms with Crippen LogP contribution < -0.4 is 0 Å². The zero-order chi connectivity index (χ0) is 34.2. The lowest BCUT2D eigenvalue weighted by Crippen LogP contribution is -1.91. The van der Waals surface area contributed by atoms with Crippen molar-refractivity contribution in [2.45, 2.75) is 0 Å². The summed E-state index contributed by atoms with van der Waals surface area (Å²) in [7, 11) is 0. The number of hydrogen-bond donors (Lipinski definition) is 0. The molecule has 0 aliphatic carbocycles. The van der Waals surface area contributed by atoms with Crippen LogP contribution in [0.3, 0.4) is 0 Å². The van der Waals surface area contributed by atoms with Gasteiger partial charge in [-0.05, 0) is 72.6 Å². The Morgan fingerprint density at radius 1 is 0.327 bits per heavy atom. The van der Waals surface area contributed by atoms with Crippen LogP contribution in [-0.2, 0) is 0 Å². The van der Waals surface area contributed by atoms with Gasteiger partial charge < -0.3 is 8.83 Å². The summed E-state index contributed by atoms with van der Waals surface area (Å²) in [5.74, 6) is 0.888. The van der Waals surface area contributed by atoms with Crippen molar-refractivity contribution in [2.75, 3.05) is 0 Å². The molecule has 11 rings (SSSR count). The summed E-state index contributed by atoms with van der Waals surface area (Å²) in [6, 6.07) is 62.8. The molecular formula is C50H30O2. The molecule has 0 saturated heterocycles. The van der Waals surface area contributed by atoms with E-state index in [2.05, 4.69) is 170 Å². The standard InChI is InChI=1S/C50H30O2/c1-3-15-32(16-4-1)46-43-29-42-34(28-45(43)52-49(46)33-17-5-2-6-18-33)19-13-25-40(42)47-36-21-9-11-23-38(36)48(39-24-12-10-22-37(39)47)44-30-51-50-35-20-8-7-14-31(35)26-27-41(44)50/h1-30H. The van der Waals surface area contributed by atoms with E-state index in [1.807, 2.05) is 12.3 Å². The maximum absolute atomic E-state index is 6.74. The average Bonchev–Trinajstić information content (AvgIpc) is 3.81. The van der Waals surface area contributed by atoms with Crippen molar-refractivity contribution in [3.05, 3.63) is 182 Å².